The highest BCUT2D eigenvalue weighted by atomic mass is 19.4. The van der Waals surface area contributed by atoms with Crippen LogP contribution in [0, 0.1) is 0 Å². The first-order valence-corrected chi connectivity index (χ1v) is 14.1. The topological polar surface area (TPSA) is 196 Å². The molecular weight excluding hydrogens is 575 g/mol. The fraction of sp³-hybridized carbons (Fsp3) is 0.333. The van der Waals surface area contributed by atoms with Gasteiger partial charge >= 0.3 is 11.9 Å². The number of amides is 1. The Labute approximate surface area is 251 Å². The average molecular weight is 612 g/mol. The van der Waals surface area contributed by atoms with Gasteiger partial charge in [-0.05, 0) is 92.2 Å². The van der Waals surface area contributed by atoms with Gasteiger partial charge in [0.15, 0.2) is 5.96 Å². The van der Waals surface area contributed by atoms with Gasteiger partial charge in [-0.2, -0.15) is 18.2 Å². The van der Waals surface area contributed by atoms with Gasteiger partial charge in [0.25, 0.3) is 0 Å². The molecule has 0 bridgehead atoms. The Morgan fingerprint density at radius 1 is 1.09 bits per heavy atom. The van der Waals surface area contributed by atoms with Crippen LogP contribution in [0.3, 0.4) is 0 Å². The second kappa shape index (κ2) is 13.7. The second-order valence-electron chi connectivity index (χ2n) is 10.7. The number of hydrogen-bond acceptors (Lipinski definition) is 6. The number of benzene rings is 2. The summed E-state index contributed by atoms with van der Waals surface area (Å²) in [7, 11) is 0. The number of aromatic amines is 1. The molecule has 0 fully saturated rings. The number of nitrogens with zero attached hydrogens (tertiary/aromatic N) is 3. The van der Waals surface area contributed by atoms with Crippen molar-refractivity contribution in [2.75, 3.05) is 13.1 Å². The third-order valence-electron chi connectivity index (χ3n) is 7.03. The van der Waals surface area contributed by atoms with Gasteiger partial charge in [-0.25, -0.2) is 4.79 Å². The molecule has 0 spiro atoms. The van der Waals surface area contributed by atoms with Crippen LogP contribution in [0.5, 0.6) is 0 Å². The summed E-state index contributed by atoms with van der Waals surface area (Å²) in [6.45, 7) is 2.68. The summed E-state index contributed by atoms with van der Waals surface area (Å²) in [5, 5.41) is 3.59. The molecule has 2 aromatic heterocycles. The van der Waals surface area contributed by atoms with Crippen molar-refractivity contribution in [3.05, 3.63) is 81.9 Å². The number of carbonyl (C=O) groups excluding carboxylic acids is 1. The Morgan fingerprint density at radius 3 is 2.45 bits per heavy atom. The van der Waals surface area contributed by atoms with E-state index in [1.54, 1.807) is 42.6 Å². The summed E-state index contributed by atoms with van der Waals surface area (Å²) in [6, 6.07) is 11.4. The van der Waals surface area contributed by atoms with Gasteiger partial charge in [0.2, 0.25) is 5.91 Å². The van der Waals surface area contributed by atoms with Crippen LogP contribution in [0.2, 0.25) is 0 Å². The van der Waals surface area contributed by atoms with Gasteiger partial charge in [0.1, 0.15) is 11.7 Å². The van der Waals surface area contributed by atoms with Crippen LogP contribution in [0.1, 0.15) is 48.9 Å². The minimum atomic E-state index is -4.52. The number of rotatable bonds is 13. The fourth-order valence-electron chi connectivity index (χ4n) is 4.86. The standard InChI is InChI=1S/C30H36F3N9O2/c1-17(34)4-2-5-18-12-20(14-22(13-18)30(31,32)33)24-15-21-16-42(29(44)41-27(21)40-24)23-8-6-19(7-9-23)25(26(35)43)38-10-3-11-39-28(36)37/h6-9,12-17,25,38H,2-5,10-11,34H2,1H3,(H2,35,43)(H4,36,37,39)(H,40,41,44)/t17-,25+/m0/s1. The number of guanidine groups is 1. The number of fused-ring (bicyclic) bond motifs is 1. The molecule has 11 nitrogen and oxygen atoms in total. The molecular formula is C30H36F3N9O2. The Kier molecular flexibility index (Phi) is 10.1. The highest BCUT2D eigenvalue weighted by molar-refractivity contribution is 5.83. The van der Waals surface area contributed by atoms with Crippen molar-refractivity contribution >= 4 is 22.9 Å². The minimum absolute atomic E-state index is 0.0145. The molecule has 0 unspecified atom stereocenters. The summed E-state index contributed by atoms with van der Waals surface area (Å²) < 4.78 is 42.5. The molecule has 10 N–H and O–H groups in total. The van der Waals surface area contributed by atoms with Crippen LogP contribution in [0.15, 0.2) is 64.5 Å². The van der Waals surface area contributed by atoms with Crippen molar-refractivity contribution in [1.82, 2.24) is 19.9 Å². The fourth-order valence-corrected chi connectivity index (χ4v) is 4.86. The number of aliphatic imine (C=N–C) groups is 1. The zero-order chi connectivity index (χ0) is 32.0. The van der Waals surface area contributed by atoms with Crippen molar-refractivity contribution in [1.29, 1.82) is 0 Å². The van der Waals surface area contributed by atoms with E-state index in [9.17, 15) is 22.8 Å². The van der Waals surface area contributed by atoms with Crippen molar-refractivity contribution < 1.29 is 18.0 Å². The molecule has 0 saturated carbocycles. The van der Waals surface area contributed by atoms with Crippen LogP contribution in [-0.2, 0) is 17.4 Å². The third kappa shape index (κ3) is 8.23. The number of nitrogens with two attached hydrogens (primary N) is 4. The first-order valence-electron chi connectivity index (χ1n) is 14.1. The van der Waals surface area contributed by atoms with E-state index < -0.39 is 29.4 Å². The largest absolute Gasteiger partial charge is 0.416 e. The Morgan fingerprint density at radius 2 is 1.82 bits per heavy atom. The minimum Gasteiger partial charge on any atom is -0.370 e. The van der Waals surface area contributed by atoms with E-state index in [4.69, 9.17) is 22.9 Å². The number of aromatic nitrogens is 3. The van der Waals surface area contributed by atoms with Crippen molar-refractivity contribution in [3.8, 4) is 16.9 Å². The monoisotopic (exact) mass is 611 g/mol. The van der Waals surface area contributed by atoms with E-state index in [1.807, 2.05) is 6.92 Å². The average Bonchev–Trinajstić information content (AvgIpc) is 3.36. The summed E-state index contributed by atoms with van der Waals surface area (Å²) >= 11 is 0. The maximum atomic E-state index is 13.7. The highest BCUT2D eigenvalue weighted by Gasteiger charge is 2.31. The maximum Gasteiger partial charge on any atom is 0.416 e. The molecule has 2 heterocycles. The van der Waals surface area contributed by atoms with Crippen molar-refractivity contribution in [2.24, 2.45) is 27.9 Å². The lowest BCUT2D eigenvalue weighted by molar-refractivity contribution is -0.137. The Balaban J connectivity index is 1.60. The lowest BCUT2D eigenvalue weighted by Crippen LogP contribution is -2.34. The summed E-state index contributed by atoms with van der Waals surface area (Å²) in [6.07, 6.45) is -0.596. The van der Waals surface area contributed by atoms with E-state index >= 15 is 0 Å². The number of hydrogen-bond donors (Lipinski definition) is 6. The van der Waals surface area contributed by atoms with Crippen LogP contribution >= 0.6 is 0 Å². The maximum absolute atomic E-state index is 13.7. The molecule has 1 amide bonds. The summed E-state index contributed by atoms with van der Waals surface area (Å²) in [5.74, 6) is -0.592. The summed E-state index contributed by atoms with van der Waals surface area (Å²) in [5.41, 5.74) is 23.3. The molecule has 0 aliphatic carbocycles. The second-order valence-corrected chi connectivity index (χ2v) is 10.7. The number of halogens is 3. The molecule has 14 heteroatoms. The van der Waals surface area contributed by atoms with Gasteiger partial charge in [-0.1, -0.05) is 12.1 Å². The lowest BCUT2D eigenvalue weighted by Gasteiger charge is -2.16. The predicted molar refractivity (Wildman–Crippen MR) is 164 cm³/mol. The number of alkyl halides is 3. The SMILES string of the molecule is C[C@H](N)CCCc1cc(-c2cc3cn(-c4ccc([C@@H](NCCCN=C(N)N)C(N)=O)cc4)c(=O)nc3[nH]2)cc(C(F)(F)F)c1. The van der Waals surface area contributed by atoms with Crippen LogP contribution in [-0.4, -0.2) is 45.5 Å². The quantitative estimate of drug-likeness (QED) is 0.0759. The van der Waals surface area contributed by atoms with Gasteiger partial charge in [0.05, 0.1) is 11.3 Å². The number of carbonyl (C=O) groups is 1. The molecule has 4 rings (SSSR count). The molecule has 2 atom stereocenters. The molecule has 0 aliphatic rings. The normalized spacial score (nSPS) is 13.1. The van der Waals surface area contributed by atoms with E-state index in [1.165, 1.54) is 4.57 Å². The third-order valence-corrected chi connectivity index (χ3v) is 7.03. The number of nitrogens with one attached hydrogen (secondary N) is 2. The molecule has 0 aliphatic heterocycles. The van der Waals surface area contributed by atoms with Crippen LogP contribution in [0.4, 0.5) is 13.2 Å². The zero-order valence-corrected chi connectivity index (χ0v) is 24.2. The van der Waals surface area contributed by atoms with E-state index in [0.717, 1.165) is 12.1 Å². The lowest BCUT2D eigenvalue weighted by atomic mass is 9.99. The van der Waals surface area contributed by atoms with Gasteiger partial charge in [-0.3, -0.25) is 14.4 Å². The summed E-state index contributed by atoms with van der Waals surface area (Å²) in [4.78, 5) is 36.0. The first-order chi connectivity index (χ1) is 20.8. The smallest absolute Gasteiger partial charge is 0.370 e. The number of H-pyrrole nitrogens is 1. The van der Waals surface area contributed by atoms with E-state index in [2.05, 4.69) is 20.3 Å². The first kappa shape index (κ1) is 32.2. The molecule has 0 radical (unpaired) electrons. The molecule has 234 valence electrons. The molecule has 2 aromatic carbocycles. The number of aryl methyl sites for hydroxylation is 1. The molecule has 44 heavy (non-hydrogen) atoms. The predicted octanol–water partition coefficient (Wildman–Crippen LogP) is 2.85. The molecule has 0 saturated heterocycles. The van der Waals surface area contributed by atoms with Crippen LogP contribution in [0.25, 0.3) is 28.0 Å². The molecule has 4 aromatic rings. The van der Waals surface area contributed by atoms with E-state index in [0.29, 0.717) is 72.2 Å². The van der Waals surface area contributed by atoms with E-state index in [-0.39, 0.29) is 17.6 Å². The van der Waals surface area contributed by atoms with Gasteiger partial charge < -0.3 is 33.2 Å². The van der Waals surface area contributed by atoms with Crippen LogP contribution < -0.4 is 33.9 Å². The number of primary amides is 1. The van der Waals surface area contributed by atoms with Gasteiger partial charge in [-0.15, -0.1) is 0 Å². The Hall–Kier alpha value is -4.69. The van der Waals surface area contributed by atoms with Crippen molar-refractivity contribution in [2.45, 2.75) is 50.9 Å². The Bertz CT molecular complexity index is 1690. The van der Waals surface area contributed by atoms with Gasteiger partial charge in [0, 0.05) is 29.9 Å². The highest BCUT2D eigenvalue weighted by Crippen LogP contribution is 2.34. The zero-order valence-electron chi connectivity index (χ0n) is 24.2. The van der Waals surface area contributed by atoms with Crippen molar-refractivity contribution in [3.63, 3.8) is 0 Å².